The fourth-order valence-electron chi connectivity index (χ4n) is 1.79. The van der Waals surface area contributed by atoms with Gasteiger partial charge in [-0.2, -0.15) is 10.4 Å². The van der Waals surface area contributed by atoms with Gasteiger partial charge in [-0.1, -0.05) is 11.6 Å². The largest absolute Gasteiger partial charge is 0.264 e. The van der Waals surface area contributed by atoms with E-state index in [-0.39, 0.29) is 5.82 Å². The zero-order valence-corrected chi connectivity index (χ0v) is 10.8. The molecule has 0 bridgehead atoms. The van der Waals surface area contributed by atoms with Crippen molar-refractivity contribution in [1.29, 1.82) is 5.26 Å². The molecular formula is C13H11ClFN3. The minimum atomic E-state index is -0.364. The number of rotatable bonds is 2. The zero-order chi connectivity index (χ0) is 13.3. The maximum atomic E-state index is 13.2. The summed E-state index contributed by atoms with van der Waals surface area (Å²) in [4.78, 5) is 0. The van der Waals surface area contributed by atoms with Crippen molar-refractivity contribution in [2.24, 2.45) is 0 Å². The summed E-state index contributed by atoms with van der Waals surface area (Å²) in [7, 11) is 0. The van der Waals surface area contributed by atoms with E-state index in [1.807, 2.05) is 19.9 Å². The first kappa shape index (κ1) is 12.6. The average Bonchev–Trinajstić information content (AvgIpc) is 2.57. The highest BCUT2D eigenvalue weighted by Crippen LogP contribution is 2.21. The van der Waals surface area contributed by atoms with Gasteiger partial charge in [0.25, 0.3) is 0 Å². The molecule has 0 atom stereocenters. The first-order chi connectivity index (χ1) is 8.52. The number of hydrogen-bond acceptors (Lipinski definition) is 2. The third-order valence-corrected chi connectivity index (χ3v) is 3.35. The monoisotopic (exact) mass is 263 g/mol. The molecule has 0 unspecified atom stereocenters. The Balaban J connectivity index is 2.43. The van der Waals surface area contributed by atoms with Crippen LogP contribution in [-0.4, -0.2) is 9.78 Å². The predicted octanol–water partition coefficient (Wildman–Crippen LogP) is 3.21. The molecule has 1 heterocycles. The van der Waals surface area contributed by atoms with Gasteiger partial charge < -0.3 is 0 Å². The molecule has 0 aliphatic carbocycles. The molecule has 0 saturated heterocycles. The van der Waals surface area contributed by atoms with Crippen molar-refractivity contribution in [3.63, 3.8) is 0 Å². The van der Waals surface area contributed by atoms with E-state index in [1.54, 1.807) is 4.68 Å². The molecule has 0 N–H and O–H groups in total. The third-order valence-electron chi connectivity index (χ3n) is 2.80. The second-order valence-electron chi connectivity index (χ2n) is 4.06. The zero-order valence-electron chi connectivity index (χ0n) is 10.0. The van der Waals surface area contributed by atoms with Gasteiger partial charge in [-0.3, -0.25) is 4.68 Å². The van der Waals surface area contributed by atoms with Crippen LogP contribution in [0.15, 0.2) is 18.2 Å². The Morgan fingerprint density at radius 2 is 2.17 bits per heavy atom. The van der Waals surface area contributed by atoms with Crippen LogP contribution in [0.2, 0.25) is 5.02 Å². The van der Waals surface area contributed by atoms with Gasteiger partial charge in [0.05, 0.1) is 34.6 Å². The quantitative estimate of drug-likeness (QED) is 0.835. The van der Waals surface area contributed by atoms with E-state index >= 15 is 0 Å². The number of halogens is 2. The molecule has 0 radical (unpaired) electrons. The lowest BCUT2D eigenvalue weighted by molar-refractivity contribution is 0.615. The lowest BCUT2D eigenvalue weighted by Crippen LogP contribution is -2.06. The van der Waals surface area contributed by atoms with Crippen molar-refractivity contribution in [1.82, 2.24) is 9.78 Å². The molecule has 0 amide bonds. The van der Waals surface area contributed by atoms with Crippen molar-refractivity contribution in [2.45, 2.75) is 20.4 Å². The number of aromatic nitrogens is 2. The molecule has 0 saturated carbocycles. The highest BCUT2D eigenvalue weighted by molar-refractivity contribution is 6.31. The van der Waals surface area contributed by atoms with Crippen LogP contribution in [0.4, 0.5) is 4.39 Å². The molecule has 18 heavy (non-hydrogen) atoms. The van der Waals surface area contributed by atoms with E-state index in [9.17, 15) is 4.39 Å². The smallest absolute Gasteiger partial charge is 0.123 e. The second kappa shape index (κ2) is 4.79. The number of aryl methyl sites for hydroxylation is 1. The number of hydrogen-bond donors (Lipinski definition) is 0. The van der Waals surface area contributed by atoms with Gasteiger partial charge in [-0.25, -0.2) is 4.39 Å². The van der Waals surface area contributed by atoms with E-state index in [0.29, 0.717) is 22.7 Å². The fraction of sp³-hybridized carbons (Fsp3) is 0.231. The maximum Gasteiger partial charge on any atom is 0.123 e. The van der Waals surface area contributed by atoms with Crippen molar-refractivity contribution in [2.75, 3.05) is 0 Å². The summed E-state index contributed by atoms with van der Waals surface area (Å²) in [5.41, 5.74) is 2.58. The van der Waals surface area contributed by atoms with Gasteiger partial charge in [-0.05, 0) is 37.6 Å². The summed E-state index contributed by atoms with van der Waals surface area (Å²) in [6.45, 7) is 3.98. The van der Waals surface area contributed by atoms with E-state index < -0.39 is 0 Å². The Hall–Kier alpha value is -1.86. The molecule has 92 valence electrons. The fourth-order valence-corrected chi connectivity index (χ4v) is 1.93. The SMILES string of the molecule is Cc1nn(Cc2cc(F)ccc2C#N)c(C)c1Cl. The van der Waals surface area contributed by atoms with E-state index in [4.69, 9.17) is 16.9 Å². The Morgan fingerprint density at radius 1 is 1.44 bits per heavy atom. The molecular weight excluding hydrogens is 253 g/mol. The van der Waals surface area contributed by atoms with Crippen LogP contribution < -0.4 is 0 Å². The normalized spacial score (nSPS) is 10.4. The Kier molecular flexibility index (Phi) is 3.35. The molecule has 1 aromatic carbocycles. The average molecular weight is 264 g/mol. The van der Waals surface area contributed by atoms with E-state index in [2.05, 4.69) is 5.10 Å². The number of nitrogens with zero attached hydrogens (tertiary/aromatic N) is 3. The highest BCUT2D eigenvalue weighted by Gasteiger charge is 2.11. The molecule has 2 aromatic rings. The Bertz CT molecular complexity index is 640. The van der Waals surface area contributed by atoms with Crippen molar-refractivity contribution in [3.8, 4) is 6.07 Å². The van der Waals surface area contributed by atoms with Crippen LogP contribution in [0.3, 0.4) is 0 Å². The lowest BCUT2D eigenvalue weighted by atomic mass is 10.1. The second-order valence-corrected chi connectivity index (χ2v) is 4.43. The van der Waals surface area contributed by atoms with Crippen LogP contribution in [-0.2, 0) is 6.54 Å². The van der Waals surface area contributed by atoms with E-state index in [0.717, 1.165) is 11.4 Å². The lowest BCUT2D eigenvalue weighted by Gasteiger charge is -2.06. The van der Waals surface area contributed by atoms with E-state index in [1.165, 1.54) is 18.2 Å². The van der Waals surface area contributed by atoms with Gasteiger partial charge in [0.15, 0.2) is 0 Å². The molecule has 0 spiro atoms. The van der Waals surface area contributed by atoms with Gasteiger partial charge in [0.2, 0.25) is 0 Å². The van der Waals surface area contributed by atoms with Gasteiger partial charge in [0, 0.05) is 0 Å². The molecule has 3 nitrogen and oxygen atoms in total. The summed E-state index contributed by atoms with van der Waals surface area (Å²) >= 11 is 6.05. The minimum Gasteiger partial charge on any atom is -0.264 e. The first-order valence-corrected chi connectivity index (χ1v) is 5.78. The summed E-state index contributed by atoms with van der Waals surface area (Å²) in [6, 6.07) is 6.14. The van der Waals surface area contributed by atoms with Crippen LogP contribution in [0.25, 0.3) is 0 Å². The van der Waals surface area contributed by atoms with Crippen LogP contribution in [0.1, 0.15) is 22.5 Å². The van der Waals surface area contributed by atoms with Crippen LogP contribution in [0.5, 0.6) is 0 Å². The summed E-state index contributed by atoms with van der Waals surface area (Å²) < 4.78 is 14.9. The van der Waals surface area contributed by atoms with Gasteiger partial charge in [-0.15, -0.1) is 0 Å². The van der Waals surface area contributed by atoms with Crippen molar-refractivity contribution < 1.29 is 4.39 Å². The molecule has 5 heteroatoms. The summed E-state index contributed by atoms with van der Waals surface area (Å²) in [6.07, 6.45) is 0. The number of benzene rings is 1. The highest BCUT2D eigenvalue weighted by atomic mass is 35.5. The van der Waals surface area contributed by atoms with Crippen molar-refractivity contribution in [3.05, 3.63) is 51.6 Å². The van der Waals surface area contributed by atoms with Gasteiger partial charge in [0.1, 0.15) is 5.82 Å². The first-order valence-electron chi connectivity index (χ1n) is 5.41. The van der Waals surface area contributed by atoms with Crippen molar-refractivity contribution >= 4 is 11.6 Å². The Labute approximate surface area is 109 Å². The minimum absolute atomic E-state index is 0.333. The molecule has 0 aliphatic rings. The van der Waals surface area contributed by atoms with Gasteiger partial charge >= 0.3 is 0 Å². The molecule has 1 aromatic heterocycles. The van der Waals surface area contributed by atoms with Crippen LogP contribution in [0, 0.1) is 31.0 Å². The molecule has 2 rings (SSSR count). The number of nitriles is 1. The van der Waals surface area contributed by atoms with Crippen LogP contribution >= 0.6 is 11.6 Å². The topological polar surface area (TPSA) is 41.6 Å². The maximum absolute atomic E-state index is 13.2. The Morgan fingerprint density at radius 3 is 2.72 bits per heavy atom. The molecule has 0 fully saturated rings. The molecule has 0 aliphatic heterocycles. The standard InChI is InChI=1S/C13H11ClFN3/c1-8-13(14)9(2)18(17-8)7-11-5-12(15)4-3-10(11)6-16/h3-5H,7H2,1-2H3. The predicted molar refractivity (Wildman–Crippen MR) is 66.9 cm³/mol. The third kappa shape index (κ3) is 2.22. The summed E-state index contributed by atoms with van der Waals surface area (Å²) in [5.74, 6) is -0.364. The summed E-state index contributed by atoms with van der Waals surface area (Å²) in [5, 5.41) is 13.9.